The van der Waals surface area contributed by atoms with Crippen LogP contribution in [0.1, 0.15) is 30.0 Å². The summed E-state index contributed by atoms with van der Waals surface area (Å²) in [7, 11) is 1.64. The van der Waals surface area contributed by atoms with Gasteiger partial charge in [-0.25, -0.2) is 15.0 Å². The lowest BCUT2D eigenvalue weighted by atomic mass is 9.73. The predicted molar refractivity (Wildman–Crippen MR) is 152 cm³/mol. The number of pyridine rings is 1. The summed E-state index contributed by atoms with van der Waals surface area (Å²) < 4.78 is 2.03. The number of nitrogens with two attached hydrogens (primary N) is 2. The summed E-state index contributed by atoms with van der Waals surface area (Å²) in [6, 6.07) is 8.03. The highest BCUT2D eigenvalue weighted by atomic mass is 35.5. The quantitative estimate of drug-likeness (QED) is 0.299. The molecule has 1 spiro atoms. The number of aromatic nitrogens is 4. The van der Waals surface area contributed by atoms with Gasteiger partial charge in [0.2, 0.25) is 5.95 Å². The Morgan fingerprint density at radius 3 is 2.76 bits per heavy atom. The molecule has 1 fully saturated rings. The number of hydrogen-bond acceptors (Lipinski definition) is 9. The molecule has 12 heteroatoms. The number of anilines is 2. The number of carbonyl (C=O) groups excluding carboxylic acids is 1. The fourth-order valence-electron chi connectivity index (χ4n) is 5.53. The number of thioether (sulfide) groups is 1. The minimum atomic E-state index is -0.0738. The van der Waals surface area contributed by atoms with Crippen LogP contribution in [0, 0.1) is 5.41 Å². The molecule has 1 atom stereocenters. The summed E-state index contributed by atoms with van der Waals surface area (Å²) in [4.78, 5) is 30.2. The van der Waals surface area contributed by atoms with E-state index in [4.69, 9.17) is 28.1 Å². The molecule has 196 valence electrons. The molecule has 1 aliphatic carbocycles. The van der Waals surface area contributed by atoms with Crippen LogP contribution in [0.4, 0.5) is 16.6 Å². The molecular weight excluding hydrogens is 540 g/mol. The minimum absolute atomic E-state index is 0.0109. The normalized spacial score (nSPS) is 18.2. The number of carbonyl (C=O) groups is 1. The molecule has 6 rings (SSSR count). The van der Waals surface area contributed by atoms with E-state index in [9.17, 15) is 4.79 Å². The zero-order valence-electron chi connectivity index (χ0n) is 20.7. The van der Waals surface area contributed by atoms with Crippen molar-refractivity contribution in [2.45, 2.75) is 40.0 Å². The van der Waals surface area contributed by atoms with Crippen LogP contribution in [0.5, 0.6) is 0 Å². The van der Waals surface area contributed by atoms with Gasteiger partial charge in [0.25, 0.3) is 5.24 Å². The van der Waals surface area contributed by atoms with E-state index in [1.54, 1.807) is 19.4 Å². The van der Waals surface area contributed by atoms with E-state index in [-0.39, 0.29) is 16.7 Å². The molecule has 4 aromatic rings. The predicted octanol–water partition coefficient (Wildman–Crippen LogP) is 4.79. The van der Waals surface area contributed by atoms with E-state index in [0.717, 1.165) is 58.6 Å². The van der Waals surface area contributed by atoms with Crippen LogP contribution in [0.25, 0.3) is 5.65 Å². The van der Waals surface area contributed by atoms with Crippen LogP contribution >= 0.6 is 35.1 Å². The number of hydrogen-bond donors (Lipinski definition) is 3. The molecule has 0 saturated carbocycles. The van der Waals surface area contributed by atoms with Crippen molar-refractivity contribution < 1.29 is 4.79 Å². The Morgan fingerprint density at radius 1 is 1.16 bits per heavy atom. The number of benzene rings is 1. The maximum Gasteiger partial charge on any atom is 0.283 e. The highest BCUT2D eigenvalue weighted by molar-refractivity contribution is 8.13. The number of piperidine rings is 1. The number of nitrogens with zero attached hydrogens (tertiary/aromatic N) is 5. The maximum absolute atomic E-state index is 11.8. The van der Waals surface area contributed by atoms with Gasteiger partial charge in [0.15, 0.2) is 5.65 Å². The molecule has 0 unspecified atom stereocenters. The van der Waals surface area contributed by atoms with Crippen molar-refractivity contribution in [3.8, 4) is 0 Å². The van der Waals surface area contributed by atoms with Gasteiger partial charge in [-0.3, -0.25) is 9.20 Å². The van der Waals surface area contributed by atoms with E-state index in [1.807, 2.05) is 28.9 Å². The van der Waals surface area contributed by atoms with Crippen molar-refractivity contribution in [3.05, 3.63) is 65.2 Å². The summed E-state index contributed by atoms with van der Waals surface area (Å²) in [5.41, 5.74) is 16.0. The zero-order valence-corrected chi connectivity index (χ0v) is 23.1. The summed E-state index contributed by atoms with van der Waals surface area (Å²) in [6.07, 6.45) is 10.1. The molecule has 38 heavy (non-hydrogen) atoms. The molecule has 3 aromatic heterocycles. The van der Waals surface area contributed by atoms with Gasteiger partial charge >= 0.3 is 0 Å². The highest BCUT2D eigenvalue weighted by Crippen LogP contribution is 2.51. The molecule has 1 amide bonds. The van der Waals surface area contributed by atoms with Crippen molar-refractivity contribution in [2.24, 2.45) is 11.1 Å². The first kappa shape index (κ1) is 25.3. The second kappa shape index (κ2) is 9.96. The Balaban J connectivity index is 1.20. The maximum atomic E-state index is 11.8. The Hall–Kier alpha value is -2.99. The third-order valence-electron chi connectivity index (χ3n) is 7.59. The summed E-state index contributed by atoms with van der Waals surface area (Å²) >= 11 is 9.04. The van der Waals surface area contributed by atoms with Crippen molar-refractivity contribution in [3.63, 3.8) is 0 Å². The molecule has 4 heterocycles. The van der Waals surface area contributed by atoms with Gasteiger partial charge in [-0.1, -0.05) is 29.4 Å². The van der Waals surface area contributed by atoms with Gasteiger partial charge in [-0.2, -0.15) is 0 Å². The lowest BCUT2D eigenvalue weighted by Crippen LogP contribution is -2.45. The van der Waals surface area contributed by atoms with Gasteiger partial charge in [0, 0.05) is 60.8 Å². The van der Waals surface area contributed by atoms with Crippen LogP contribution < -0.4 is 21.7 Å². The summed E-state index contributed by atoms with van der Waals surface area (Å²) in [5, 5.41) is 3.02. The number of halogens is 1. The Morgan fingerprint density at radius 2 is 1.97 bits per heavy atom. The Kier molecular flexibility index (Phi) is 6.63. The first-order valence-corrected chi connectivity index (χ1v) is 14.3. The van der Waals surface area contributed by atoms with Crippen LogP contribution in [0.15, 0.2) is 63.7 Å². The highest BCUT2D eigenvalue weighted by Gasteiger charge is 2.46. The van der Waals surface area contributed by atoms with Crippen molar-refractivity contribution in [1.29, 1.82) is 0 Å². The number of fused-ring (bicyclic) bond motifs is 2. The van der Waals surface area contributed by atoms with Gasteiger partial charge in [-0.05, 0) is 65.8 Å². The first-order valence-electron chi connectivity index (χ1n) is 12.3. The molecule has 1 aliphatic heterocycles. The number of rotatable bonds is 4. The molecule has 9 nitrogen and oxygen atoms in total. The lowest BCUT2D eigenvalue weighted by Gasteiger charge is -2.42. The van der Waals surface area contributed by atoms with Gasteiger partial charge in [0.1, 0.15) is 5.82 Å². The number of amides is 1. The number of nitrogens with one attached hydrogen (secondary N) is 1. The fourth-order valence-corrected chi connectivity index (χ4v) is 7.31. The first-order chi connectivity index (χ1) is 18.4. The van der Waals surface area contributed by atoms with Crippen LogP contribution in [-0.4, -0.2) is 44.7 Å². The second-order valence-electron chi connectivity index (χ2n) is 9.66. The van der Waals surface area contributed by atoms with Crippen molar-refractivity contribution >= 4 is 57.8 Å². The Bertz CT molecular complexity index is 1540. The van der Waals surface area contributed by atoms with Crippen molar-refractivity contribution in [1.82, 2.24) is 24.7 Å². The van der Waals surface area contributed by atoms with Gasteiger partial charge < -0.3 is 21.7 Å². The average molecular weight is 567 g/mol. The fraction of sp³-hybridized carbons (Fsp3) is 0.308. The van der Waals surface area contributed by atoms with E-state index in [0.29, 0.717) is 10.8 Å². The zero-order chi connectivity index (χ0) is 26.4. The summed E-state index contributed by atoms with van der Waals surface area (Å²) in [5.74, 6) is 1.17. The molecule has 0 radical (unpaired) electrons. The second-order valence-corrected chi connectivity index (χ2v) is 12.2. The van der Waals surface area contributed by atoms with Crippen LogP contribution in [-0.2, 0) is 6.42 Å². The van der Waals surface area contributed by atoms with E-state index >= 15 is 0 Å². The largest absolute Gasteiger partial charge is 0.382 e. The van der Waals surface area contributed by atoms with E-state index in [2.05, 4.69) is 32.3 Å². The molecule has 0 bridgehead atoms. The molecule has 2 aliphatic rings. The number of imidazole rings is 1. The van der Waals surface area contributed by atoms with Gasteiger partial charge in [0.05, 0.1) is 9.92 Å². The topological polar surface area (TPSA) is 127 Å². The van der Waals surface area contributed by atoms with E-state index in [1.165, 1.54) is 34.7 Å². The SMILES string of the molecule is CNC(=O)Sc1ccc2c(c1)[C@@H](N)C1(CCN(c3ncc(Sc4ccnc(N)c4Cl)c4nccn34)CC1)C2. The van der Waals surface area contributed by atoms with Crippen molar-refractivity contribution in [2.75, 3.05) is 30.8 Å². The third-order valence-corrected chi connectivity index (χ3v) is 10.0. The van der Waals surface area contributed by atoms with Gasteiger partial charge in [-0.15, -0.1) is 0 Å². The lowest BCUT2D eigenvalue weighted by molar-refractivity contribution is 0.186. The molecule has 1 saturated heterocycles. The third kappa shape index (κ3) is 4.37. The smallest absolute Gasteiger partial charge is 0.283 e. The number of nitrogen functional groups attached to an aromatic ring is 1. The standard InChI is InChI=1S/C26H27ClN8OS2/c1-30-25(36)37-16-3-2-15-13-26(21(28)17(15)12-16)5-9-34(10-6-26)24-33-14-19(23-32-8-11-35(23)24)38-18-4-7-31-22(29)20(18)27/h2-4,7-8,11-12,14,21H,5-6,9-10,13,28H2,1H3,(H2,29,31)(H,30,36)/t21-/m1/s1. The molecule has 1 aromatic carbocycles. The molecular formula is C26H27ClN8OS2. The molecule has 5 N–H and O–H groups in total. The average Bonchev–Trinajstić information content (AvgIpc) is 3.52. The van der Waals surface area contributed by atoms with Crippen LogP contribution in [0.3, 0.4) is 0 Å². The summed E-state index contributed by atoms with van der Waals surface area (Å²) in [6.45, 7) is 1.70. The van der Waals surface area contributed by atoms with E-state index < -0.39 is 0 Å². The Labute approximate surface area is 233 Å². The van der Waals surface area contributed by atoms with Crippen LogP contribution in [0.2, 0.25) is 5.02 Å². The minimum Gasteiger partial charge on any atom is -0.382 e. The monoisotopic (exact) mass is 566 g/mol.